The number of rotatable bonds is 8. The van der Waals surface area contributed by atoms with Crippen molar-refractivity contribution in [2.45, 2.75) is 31.8 Å². The zero-order valence-electron chi connectivity index (χ0n) is 16.1. The molecular formula is C21H22F2N2O4. The zero-order valence-corrected chi connectivity index (χ0v) is 16.1. The van der Waals surface area contributed by atoms with E-state index in [0.717, 1.165) is 7.11 Å². The summed E-state index contributed by atoms with van der Waals surface area (Å²) < 4.78 is 32.6. The highest BCUT2D eigenvalue weighted by atomic mass is 19.1. The predicted octanol–water partition coefficient (Wildman–Crippen LogP) is 1.91. The van der Waals surface area contributed by atoms with Crippen molar-refractivity contribution in [3.63, 3.8) is 0 Å². The summed E-state index contributed by atoms with van der Waals surface area (Å²) >= 11 is 0. The van der Waals surface area contributed by atoms with Gasteiger partial charge < -0.3 is 15.4 Å². The Kier molecular flexibility index (Phi) is 7.82. The maximum absolute atomic E-state index is 14.0. The molecule has 0 aliphatic rings. The molecule has 0 aliphatic heterocycles. The molecular weight excluding hydrogens is 382 g/mol. The van der Waals surface area contributed by atoms with Crippen LogP contribution >= 0.6 is 0 Å². The van der Waals surface area contributed by atoms with Gasteiger partial charge in [-0.25, -0.2) is 13.6 Å². The molecule has 0 spiro atoms. The lowest BCUT2D eigenvalue weighted by atomic mass is 10.0. The Morgan fingerprint density at radius 2 is 1.34 bits per heavy atom. The predicted molar refractivity (Wildman–Crippen MR) is 102 cm³/mol. The number of ether oxygens (including phenoxy) is 1. The molecule has 0 radical (unpaired) electrons. The lowest BCUT2D eigenvalue weighted by molar-refractivity contribution is -0.145. The highest BCUT2D eigenvalue weighted by Crippen LogP contribution is 2.12. The van der Waals surface area contributed by atoms with Crippen LogP contribution in [-0.2, 0) is 32.0 Å². The van der Waals surface area contributed by atoms with Crippen LogP contribution in [0.3, 0.4) is 0 Å². The van der Waals surface area contributed by atoms with Gasteiger partial charge in [0.15, 0.2) is 0 Å². The highest BCUT2D eigenvalue weighted by Gasteiger charge is 2.28. The second-order valence-corrected chi connectivity index (χ2v) is 6.43. The van der Waals surface area contributed by atoms with Crippen LogP contribution in [0.15, 0.2) is 48.5 Å². The molecule has 0 fully saturated rings. The third-order valence-corrected chi connectivity index (χ3v) is 4.26. The average Bonchev–Trinajstić information content (AvgIpc) is 2.69. The summed E-state index contributed by atoms with van der Waals surface area (Å²) in [5.41, 5.74) is 0.443. The van der Waals surface area contributed by atoms with E-state index in [1.54, 1.807) is 12.1 Å². The number of carbonyl (C=O) groups excluding carboxylic acids is 3. The Morgan fingerprint density at radius 1 is 0.862 bits per heavy atom. The van der Waals surface area contributed by atoms with Crippen LogP contribution in [-0.4, -0.2) is 37.0 Å². The van der Waals surface area contributed by atoms with Crippen LogP contribution in [0.5, 0.6) is 0 Å². The van der Waals surface area contributed by atoms with Gasteiger partial charge in [0.2, 0.25) is 11.8 Å². The Balaban J connectivity index is 2.20. The van der Waals surface area contributed by atoms with Crippen LogP contribution in [0.1, 0.15) is 18.1 Å². The van der Waals surface area contributed by atoms with Gasteiger partial charge in [0.05, 0.1) is 7.11 Å². The highest BCUT2D eigenvalue weighted by molar-refractivity contribution is 5.90. The van der Waals surface area contributed by atoms with E-state index in [0.29, 0.717) is 0 Å². The molecule has 2 N–H and O–H groups in total. The molecule has 8 heteroatoms. The zero-order chi connectivity index (χ0) is 21.4. The number of amides is 2. The molecule has 0 aromatic heterocycles. The van der Waals surface area contributed by atoms with Crippen LogP contribution in [0.2, 0.25) is 0 Å². The van der Waals surface area contributed by atoms with E-state index >= 15 is 0 Å². The smallest absolute Gasteiger partial charge is 0.328 e. The Labute approximate surface area is 167 Å². The number of esters is 1. The Morgan fingerprint density at radius 3 is 1.79 bits per heavy atom. The normalized spacial score (nSPS) is 12.6. The van der Waals surface area contributed by atoms with E-state index < -0.39 is 41.5 Å². The van der Waals surface area contributed by atoms with E-state index in [-0.39, 0.29) is 24.0 Å². The topological polar surface area (TPSA) is 84.5 Å². The van der Waals surface area contributed by atoms with E-state index in [2.05, 4.69) is 10.6 Å². The molecule has 0 bridgehead atoms. The molecule has 2 rings (SSSR count). The van der Waals surface area contributed by atoms with E-state index in [9.17, 15) is 23.2 Å². The van der Waals surface area contributed by atoms with Gasteiger partial charge >= 0.3 is 5.97 Å². The number of methoxy groups -OCH3 is 1. The second-order valence-electron chi connectivity index (χ2n) is 6.43. The van der Waals surface area contributed by atoms with Gasteiger partial charge in [-0.05, 0) is 23.3 Å². The van der Waals surface area contributed by atoms with Crippen LogP contribution in [0, 0.1) is 11.6 Å². The number of carbonyl (C=O) groups is 3. The lowest BCUT2D eigenvalue weighted by Crippen LogP contribution is -2.53. The molecule has 2 aromatic carbocycles. The van der Waals surface area contributed by atoms with Gasteiger partial charge in [0.1, 0.15) is 23.7 Å². The summed E-state index contributed by atoms with van der Waals surface area (Å²) in [5, 5.41) is 4.92. The number of halogens is 2. The first-order valence-electron chi connectivity index (χ1n) is 8.94. The van der Waals surface area contributed by atoms with Crippen LogP contribution < -0.4 is 10.6 Å². The summed E-state index contributed by atoms with van der Waals surface area (Å²) in [6.45, 7) is 1.22. The first kappa shape index (κ1) is 22.0. The van der Waals surface area contributed by atoms with Gasteiger partial charge in [-0.15, -0.1) is 0 Å². The van der Waals surface area contributed by atoms with Crippen molar-refractivity contribution >= 4 is 17.8 Å². The van der Waals surface area contributed by atoms with E-state index in [4.69, 9.17) is 4.74 Å². The fourth-order valence-corrected chi connectivity index (χ4v) is 2.83. The standard InChI is InChI=1S/C21H22F2N2O4/c1-13(26)24-18(11-14-7-3-5-9-16(14)22)20(27)25-19(21(28)29-2)12-15-8-4-6-10-17(15)23/h3-10,18-19H,11-12H2,1-2H3,(H,24,26)(H,25,27)/t18-,19-/m1/s1. The third-order valence-electron chi connectivity index (χ3n) is 4.26. The van der Waals surface area contributed by atoms with Crippen molar-refractivity contribution in [3.05, 3.63) is 71.3 Å². The molecule has 154 valence electrons. The van der Waals surface area contributed by atoms with Gasteiger partial charge in [0, 0.05) is 19.8 Å². The maximum atomic E-state index is 14.0. The molecule has 6 nitrogen and oxygen atoms in total. The van der Waals surface area contributed by atoms with Crippen LogP contribution in [0.4, 0.5) is 8.78 Å². The lowest BCUT2D eigenvalue weighted by Gasteiger charge is -2.22. The monoisotopic (exact) mass is 404 g/mol. The minimum atomic E-state index is -1.18. The molecule has 0 heterocycles. The first-order chi connectivity index (χ1) is 13.8. The third kappa shape index (κ3) is 6.38. The van der Waals surface area contributed by atoms with Gasteiger partial charge in [-0.1, -0.05) is 36.4 Å². The van der Waals surface area contributed by atoms with Crippen molar-refractivity contribution in [3.8, 4) is 0 Å². The minimum absolute atomic E-state index is 0.119. The molecule has 0 aliphatic carbocycles. The van der Waals surface area contributed by atoms with E-state index in [1.165, 1.54) is 43.3 Å². The summed E-state index contributed by atoms with van der Waals surface area (Å²) in [4.78, 5) is 36.4. The summed E-state index contributed by atoms with van der Waals surface area (Å²) in [5.74, 6) is -3.03. The molecule has 0 saturated carbocycles. The van der Waals surface area contributed by atoms with Gasteiger partial charge in [-0.2, -0.15) is 0 Å². The summed E-state index contributed by atoms with van der Waals surface area (Å²) in [7, 11) is 1.15. The maximum Gasteiger partial charge on any atom is 0.328 e. The fraction of sp³-hybridized carbons (Fsp3) is 0.286. The van der Waals surface area contributed by atoms with Gasteiger partial charge in [0.25, 0.3) is 0 Å². The fourth-order valence-electron chi connectivity index (χ4n) is 2.83. The first-order valence-corrected chi connectivity index (χ1v) is 8.94. The van der Waals surface area contributed by atoms with Crippen molar-refractivity contribution in [1.82, 2.24) is 10.6 Å². The van der Waals surface area contributed by atoms with Crippen molar-refractivity contribution in [1.29, 1.82) is 0 Å². The molecule has 2 amide bonds. The summed E-state index contributed by atoms with van der Waals surface area (Å²) in [6, 6.07) is 9.38. The molecule has 29 heavy (non-hydrogen) atoms. The number of hydrogen-bond donors (Lipinski definition) is 2. The average molecular weight is 404 g/mol. The quantitative estimate of drug-likeness (QED) is 0.659. The van der Waals surface area contributed by atoms with Gasteiger partial charge in [-0.3, -0.25) is 9.59 Å². The van der Waals surface area contributed by atoms with Crippen molar-refractivity contribution in [2.75, 3.05) is 7.11 Å². The Bertz CT molecular complexity index is 888. The molecule has 0 unspecified atom stereocenters. The molecule has 2 aromatic rings. The summed E-state index contributed by atoms with van der Waals surface area (Å²) in [6.07, 6.45) is -0.261. The second kappa shape index (κ2) is 10.3. The Hall–Kier alpha value is -3.29. The number of nitrogens with one attached hydrogen (secondary N) is 2. The van der Waals surface area contributed by atoms with Crippen molar-refractivity contribution < 1.29 is 27.9 Å². The SMILES string of the molecule is COC(=O)[C@@H](Cc1ccccc1F)NC(=O)[C@@H](Cc1ccccc1F)NC(C)=O. The molecule has 0 saturated heterocycles. The van der Waals surface area contributed by atoms with Crippen molar-refractivity contribution in [2.24, 2.45) is 0 Å². The number of benzene rings is 2. The van der Waals surface area contributed by atoms with Crippen LogP contribution in [0.25, 0.3) is 0 Å². The van der Waals surface area contributed by atoms with E-state index in [1.807, 2.05) is 0 Å². The largest absolute Gasteiger partial charge is 0.467 e. The number of hydrogen-bond acceptors (Lipinski definition) is 4. The minimum Gasteiger partial charge on any atom is -0.467 e. The molecule has 2 atom stereocenters.